The van der Waals surface area contributed by atoms with Crippen molar-refractivity contribution in [1.29, 1.82) is 0 Å². The highest BCUT2D eigenvalue weighted by molar-refractivity contribution is 5.82. The summed E-state index contributed by atoms with van der Waals surface area (Å²) in [5.41, 5.74) is 4.45. The molecule has 3 aromatic rings. The van der Waals surface area contributed by atoms with Gasteiger partial charge in [-0.25, -0.2) is 5.43 Å². The van der Waals surface area contributed by atoms with E-state index in [9.17, 15) is 4.79 Å². The van der Waals surface area contributed by atoms with E-state index in [-0.39, 0.29) is 5.91 Å². The number of nitrogens with one attached hydrogen (secondary N) is 1. The molecular weight excluding hydrogens is 288 g/mol. The second-order valence-electron chi connectivity index (χ2n) is 5.02. The van der Waals surface area contributed by atoms with E-state index in [0.29, 0.717) is 12.2 Å². The minimum Gasteiger partial charge on any atom is -0.455 e. The summed E-state index contributed by atoms with van der Waals surface area (Å²) in [5.74, 6) is 1.19. The van der Waals surface area contributed by atoms with Crippen molar-refractivity contribution in [3.05, 3.63) is 84.1 Å². The molecule has 1 aromatic heterocycles. The van der Waals surface area contributed by atoms with Gasteiger partial charge in [0.25, 0.3) is 0 Å². The van der Waals surface area contributed by atoms with Gasteiger partial charge in [-0.3, -0.25) is 4.79 Å². The SMILES string of the molecule is O=C(Cc1ccccc1)N/N=C/c1ccc(-c2ccccc2)o1. The largest absolute Gasteiger partial charge is 0.455 e. The zero-order valence-electron chi connectivity index (χ0n) is 12.5. The molecule has 0 aliphatic carbocycles. The van der Waals surface area contributed by atoms with Crippen LogP contribution in [0.1, 0.15) is 11.3 Å². The summed E-state index contributed by atoms with van der Waals surface area (Å²) < 4.78 is 5.67. The Kier molecular flexibility index (Phi) is 4.64. The van der Waals surface area contributed by atoms with Gasteiger partial charge in [0, 0.05) is 5.56 Å². The van der Waals surface area contributed by atoms with Crippen molar-refractivity contribution in [1.82, 2.24) is 5.43 Å². The first-order chi connectivity index (χ1) is 11.3. The minimum absolute atomic E-state index is 0.165. The number of rotatable bonds is 5. The molecule has 0 saturated carbocycles. The van der Waals surface area contributed by atoms with Crippen LogP contribution in [0.25, 0.3) is 11.3 Å². The van der Waals surface area contributed by atoms with Crippen LogP contribution in [-0.4, -0.2) is 12.1 Å². The molecule has 0 spiro atoms. The molecule has 114 valence electrons. The summed E-state index contributed by atoms with van der Waals surface area (Å²) in [7, 11) is 0. The normalized spacial score (nSPS) is 10.8. The minimum atomic E-state index is -0.165. The second-order valence-corrected chi connectivity index (χ2v) is 5.02. The van der Waals surface area contributed by atoms with Crippen LogP contribution in [0.5, 0.6) is 0 Å². The lowest BCUT2D eigenvalue weighted by Gasteiger charge is -1.99. The van der Waals surface area contributed by atoms with E-state index in [2.05, 4.69) is 10.5 Å². The van der Waals surface area contributed by atoms with Crippen molar-refractivity contribution in [3.63, 3.8) is 0 Å². The fourth-order valence-corrected chi connectivity index (χ4v) is 2.17. The molecule has 0 aliphatic heterocycles. The number of benzene rings is 2. The summed E-state index contributed by atoms with van der Waals surface area (Å²) in [6.07, 6.45) is 1.79. The van der Waals surface area contributed by atoms with Crippen LogP contribution in [0.2, 0.25) is 0 Å². The van der Waals surface area contributed by atoms with Crippen LogP contribution < -0.4 is 5.43 Å². The summed E-state index contributed by atoms with van der Waals surface area (Å²) in [6.45, 7) is 0. The topological polar surface area (TPSA) is 54.6 Å². The van der Waals surface area contributed by atoms with Crippen LogP contribution in [0.4, 0.5) is 0 Å². The van der Waals surface area contributed by atoms with Crippen LogP contribution in [-0.2, 0) is 11.2 Å². The molecule has 1 heterocycles. The molecule has 4 nitrogen and oxygen atoms in total. The smallest absolute Gasteiger partial charge is 0.244 e. The molecule has 4 heteroatoms. The Hall–Kier alpha value is -3.14. The standard InChI is InChI=1S/C19H16N2O2/c22-19(13-15-7-3-1-4-8-15)21-20-14-17-11-12-18(23-17)16-9-5-2-6-10-16/h1-12,14H,13H2,(H,21,22)/b20-14+. The Morgan fingerprint density at radius 3 is 2.39 bits per heavy atom. The van der Waals surface area contributed by atoms with Crippen molar-refractivity contribution >= 4 is 12.1 Å². The molecule has 23 heavy (non-hydrogen) atoms. The number of furan rings is 1. The molecule has 3 rings (SSSR count). The van der Waals surface area contributed by atoms with Gasteiger partial charge < -0.3 is 4.42 Å². The lowest BCUT2D eigenvalue weighted by Crippen LogP contribution is -2.19. The quantitative estimate of drug-likeness (QED) is 0.578. The molecule has 0 aliphatic rings. The average Bonchev–Trinajstić information content (AvgIpc) is 3.05. The van der Waals surface area contributed by atoms with Gasteiger partial charge in [-0.1, -0.05) is 60.7 Å². The van der Waals surface area contributed by atoms with E-state index >= 15 is 0 Å². The van der Waals surface area contributed by atoms with Gasteiger partial charge in [-0.15, -0.1) is 0 Å². The Labute approximate surface area is 134 Å². The molecule has 0 saturated heterocycles. The van der Waals surface area contributed by atoms with E-state index in [1.807, 2.05) is 72.8 Å². The zero-order valence-corrected chi connectivity index (χ0v) is 12.5. The molecule has 0 radical (unpaired) electrons. The third kappa shape index (κ3) is 4.17. The maximum atomic E-state index is 11.8. The molecule has 1 amide bonds. The van der Waals surface area contributed by atoms with Gasteiger partial charge in [0.05, 0.1) is 12.6 Å². The van der Waals surface area contributed by atoms with Gasteiger partial charge in [-0.05, 0) is 17.7 Å². The summed E-state index contributed by atoms with van der Waals surface area (Å²) in [4.78, 5) is 11.8. The average molecular weight is 304 g/mol. The maximum Gasteiger partial charge on any atom is 0.244 e. The summed E-state index contributed by atoms with van der Waals surface area (Å²) in [5, 5.41) is 3.93. The van der Waals surface area contributed by atoms with Gasteiger partial charge in [0.15, 0.2) is 0 Å². The van der Waals surface area contributed by atoms with Gasteiger partial charge in [0.1, 0.15) is 11.5 Å². The van der Waals surface area contributed by atoms with E-state index in [1.54, 1.807) is 0 Å². The van der Waals surface area contributed by atoms with Gasteiger partial charge in [0.2, 0.25) is 5.91 Å². The van der Waals surface area contributed by atoms with Crippen molar-refractivity contribution < 1.29 is 9.21 Å². The molecule has 2 aromatic carbocycles. The number of nitrogens with zero attached hydrogens (tertiary/aromatic N) is 1. The predicted molar refractivity (Wildman–Crippen MR) is 90.0 cm³/mol. The van der Waals surface area contributed by atoms with Crippen LogP contribution >= 0.6 is 0 Å². The third-order valence-electron chi connectivity index (χ3n) is 3.27. The van der Waals surface area contributed by atoms with E-state index in [1.165, 1.54) is 6.21 Å². The molecule has 0 fully saturated rings. The highest BCUT2D eigenvalue weighted by atomic mass is 16.3. The number of carbonyl (C=O) groups is 1. The highest BCUT2D eigenvalue weighted by Gasteiger charge is 2.03. The van der Waals surface area contributed by atoms with Gasteiger partial charge >= 0.3 is 0 Å². The molecule has 0 unspecified atom stereocenters. The second kappa shape index (κ2) is 7.22. The van der Waals surface area contributed by atoms with Crippen LogP contribution in [0.15, 0.2) is 82.3 Å². The number of hydrogen-bond donors (Lipinski definition) is 1. The maximum absolute atomic E-state index is 11.8. The predicted octanol–water partition coefficient (Wildman–Crippen LogP) is 3.64. The summed E-state index contributed by atoms with van der Waals surface area (Å²) in [6, 6.07) is 23.0. The monoisotopic (exact) mass is 304 g/mol. The Balaban J connectivity index is 1.56. The van der Waals surface area contributed by atoms with Crippen LogP contribution in [0, 0.1) is 0 Å². The zero-order chi connectivity index (χ0) is 15.9. The Bertz CT molecular complexity index is 793. The first-order valence-electron chi connectivity index (χ1n) is 7.32. The van der Waals surface area contributed by atoms with Crippen molar-refractivity contribution in [3.8, 4) is 11.3 Å². The van der Waals surface area contributed by atoms with Crippen molar-refractivity contribution in [2.75, 3.05) is 0 Å². The van der Waals surface area contributed by atoms with E-state index < -0.39 is 0 Å². The third-order valence-corrected chi connectivity index (χ3v) is 3.27. The molecule has 0 atom stereocenters. The number of hydrogen-bond acceptors (Lipinski definition) is 3. The van der Waals surface area contributed by atoms with Crippen molar-refractivity contribution in [2.24, 2.45) is 5.10 Å². The number of carbonyl (C=O) groups excluding carboxylic acids is 1. The summed E-state index contributed by atoms with van der Waals surface area (Å²) >= 11 is 0. The van der Waals surface area contributed by atoms with E-state index in [4.69, 9.17) is 4.42 Å². The molecule has 1 N–H and O–H groups in total. The fraction of sp³-hybridized carbons (Fsp3) is 0.0526. The first-order valence-corrected chi connectivity index (χ1v) is 7.32. The van der Waals surface area contributed by atoms with Gasteiger partial charge in [-0.2, -0.15) is 5.10 Å². The molecular formula is C19H16N2O2. The lowest BCUT2D eigenvalue weighted by molar-refractivity contribution is -0.120. The van der Waals surface area contributed by atoms with Crippen LogP contribution in [0.3, 0.4) is 0 Å². The lowest BCUT2D eigenvalue weighted by atomic mass is 10.1. The molecule has 0 bridgehead atoms. The number of hydrazone groups is 1. The fourth-order valence-electron chi connectivity index (χ4n) is 2.17. The first kappa shape index (κ1) is 14.8. The van der Waals surface area contributed by atoms with Crippen molar-refractivity contribution in [2.45, 2.75) is 6.42 Å². The number of amides is 1. The highest BCUT2D eigenvalue weighted by Crippen LogP contribution is 2.20. The Morgan fingerprint density at radius 1 is 0.957 bits per heavy atom. The Morgan fingerprint density at radius 2 is 1.65 bits per heavy atom. The van der Waals surface area contributed by atoms with E-state index in [0.717, 1.165) is 16.9 Å².